The summed E-state index contributed by atoms with van der Waals surface area (Å²) in [5.74, 6) is -1.41. The van der Waals surface area contributed by atoms with Gasteiger partial charge in [0.15, 0.2) is 5.78 Å². The Labute approximate surface area is 90.9 Å². The summed E-state index contributed by atoms with van der Waals surface area (Å²) in [6, 6.07) is 0. The summed E-state index contributed by atoms with van der Waals surface area (Å²) in [5.41, 5.74) is 0. The molecule has 1 atom stereocenters. The molecule has 0 bridgehead atoms. The van der Waals surface area contributed by atoms with Gasteiger partial charge < -0.3 is 9.47 Å². The maximum atomic E-state index is 11.6. The first kappa shape index (κ1) is 14.1. The Bertz CT molecular complexity index is 211. The molecule has 0 saturated heterocycles. The number of Topliss-reactive ketones (excluding diaryl/α,β-unsaturated/α-hetero) is 1. The number of carbonyl (C=O) groups is 2. The monoisotopic (exact) mass is 216 g/mol. The maximum absolute atomic E-state index is 11.6. The molecule has 0 fully saturated rings. The lowest BCUT2D eigenvalue weighted by Gasteiger charge is -2.17. The molecule has 4 heteroatoms. The predicted molar refractivity (Wildman–Crippen MR) is 56.5 cm³/mol. The van der Waals surface area contributed by atoms with E-state index in [0.29, 0.717) is 13.2 Å². The highest BCUT2D eigenvalue weighted by Crippen LogP contribution is 2.14. The minimum absolute atomic E-state index is 0.0157. The van der Waals surface area contributed by atoms with Crippen molar-refractivity contribution >= 4 is 11.8 Å². The van der Waals surface area contributed by atoms with E-state index in [1.165, 1.54) is 0 Å². The lowest BCUT2D eigenvalue weighted by molar-refractivity contribution is -0.154. The highest BCUT2D eigenvalue weighted by atomic mass is 16.5. The van der Waals surface area contributed by atoms with Gasteiger partial charge in [-0.2, -0.15) is 0 Å². The summed E-state index contributed by atoms with van der Waals surface area (Å²) >= 11 is 0. The lowest BCUT2D eigenvalue weighted by atomic mass is 9.92. The molecular weight excluding hydrogens is 196 g/mol. The van der Waals surface area contributed by atoms with Crippen LogP contribution in [0.15, 0.2) is 0 Å². The van der Waals surface area contributed by atoms with E-state index >= 15 is 0 Å². The number of carbonyl (C=O) groups excluding carboxylic acids is 2. The molecule has 88 valence electrons. The molecule has 0 spiro atoms. The summed E-state index contributed by atoms with van der Waals surface area (Å²) in [6.45, 7) is 7.93. The fourth-order valence-electron chi connectivity index (χ4n) is 1.30. The number of rotatable bonds is 7. The van der Waals surface area contributed by atoms with Crippen LogP contribution in [0.4, 0.5) is 0 Å². The Kier molecular flexibility index (Phi) is 6.96. The van der Waals surface area contributed by atoms with Crippen molar-refractivity contribution in [2.75, 3.05) is 19.8 Å². The standard InChI is InChI=1S/C11H20O4/c1-5-14-7-9(12)10(8(3)4)11(13)15-6-2/h8,10H,5-7H2,1-4H3. The average Bonchev–Trinajstić information content (AvgIpc) is 2.14. The summed E-state index contributed by atoms with van der Waals surface area (Å²) in [5, 5.41) is 0. The van der Waals surface area contributed by atoms with Crippen LogP contribution in [0.25, 0.3) is 0 Å². The molecule has 1 unspecified atom stereocenters. The third kappa shape index (κ3) is 4.93. The van der Waals surface area contributed by atoms with Crippen molar-refractivity contribution in [3.8, 4) is 0 Å². The quantitative estimate of drug-likeness (QED) is 0.477. The van der Waals surface area contributed by atoms with Gasteiger partial charge in [-0.3, -0.25) is 9.59 Å². The van der Waals surface area contributed by atoms with Crippen LogP contribution in [0.5, 0.6) is 0 Å². The van der Waals surface area contributed by atoms with E-state index in [-0.39, 0.29) is 18.3 Å². The van der Waals surface area contributed by atoms with Crippen LogP contribution in [0.3, 0.4) is 0 Å². The van der Waals surface area contributed by atoms with Crippen LogP contribution < -0.4 is 0 Å². The summed E-state index contributed by atoms with van der Waals surface area (Å²) in [7, 11) is 0. The highest BCUT2D eigenvalue weighted by molar-refractivity contribution is 5.99. The fraction of sp³-hybridized carbons (Fsp3) is 0.818. The first-order valence-electron chi connectivity index (χ1n) is 5.31. The predicted octanol–water partition coefficient (Wildman–Crippen LogP) is 1.43. The van der Waals surface area contributed by atoms with E-state index in [4.69, 9.17) is 9.47 Å². The Hall–Kier alpha value is -0.900. The minimum Gasteiger partial charge on any atom is -0.465 e. The summed E-state index contributed by atoms with van der Waals surface area (Å²) in [4.78, 5) is 23.1. The first-order chi connectivity index (χ1) is 7.04. The first-order valence-corrected chi connectivity index (χ1v) is 5.31. The molecule has 0 rings (SSSR count). The summed E-state index contributed by atoms with van der Waals surface area (Å²) < 4.78 is 9.85. The van der Waals surface area contributed by atoms with Gasteiger partial charge in [0.05, 0.1) is 6.61 Å². The molecule has 15 heavy (non-hydrogen) atoms. The molecule has 0 heterocycles. The SMILES string of the molecule is CCOCC(=O)C(C(=O)OCC)C(C)C. The maximum Gasteiger partial charge on any atom is 0.316 e. The molecule has 0 aliphatic heterocycles. The summed E-state index contributed by atoms with van der Waals surface area (Å²) in [6.07, 6.45) is 0. The zero-order chi connectivity index (χ0) is 11.8. The molecule has 0 aromatic rings. The third-order valence-corrected chi connectivity index (χ3v) is 2.00. The molecule has 0 aliphatic rings. The molecule has 0 aromatic carbocycles. The Morgan fingerprint density at radius 3 is 2.13 bits per heavy atom. The van der Waals surface area contributed by atoms with Gasteiger partial charge in [0.25, 0.3) is 0 Å². The van der Waals surface area contributed by atoms with Crippen molar-refractivity contribution < 1.29 is 19.1 Å². The molecule has 0 aliphatic carbocycles. The van der Waals surface area contributed by atoms with Gasteiger partial charge in [-0.25, -0.2) is 0 Å². The van der Waals surface area contributed by atoms with Gasteiger partial charge in [0.1, 0.15) is 12.5 Å². The van der Waals surface area contributed by atoms with Crippen LogP contribution in [0.1, 0.15) is 27.7 Å². The van der Waals surface area contributed by atoms with Gasteiger partial charge in [0.2, 0.25) is 0 Å². The second-order valence-electron chi connectivity index (χ2n) is 3.58. The van der Waals surface area contributed by atoms with Crippen LogP contribution >= 0.6 is 0 Å². The number of hydrogen-bond acceptors (Lipinski definition) is 4. The largest absolute Gasteiger partial charge is 0.465 e. The van der Waals surface area contributed by atoms with E-state index in [2.05, 4.69) is 0 Å². The normalized spacial score (nSPS) is 12.6. The molecule has 0 amide bonds. The number of ether oxygens (including phenoxy) is 2. The van der Waals surface area contributed by atoms with Crippen LogP contribution in [0, 0.1) is 11.8 Å². The minimum atomic E-state index is -0.698. The van der Waals surface area contributed by atoms with Crippen LogP contribution in [-0.4, -0.2) is 31.6 Å². The molecule has 0 radical (unpaired) electrons. The zero-order valence-corrected chi connectivity index (χ0v) is 9.91. The van der Waals surface area contributed by atoms with Crippen molar-refractivity contribution in [3.63, 3.8) is 0 Å². The second-order valence-corrected chi connectivity index (χ2v) is 3.58. The molecular formula is C11H20O4. The zero-order valence-electron chi connectivity index (χ0n) is 9.91. The van der Waals surface area contributed by atoms with Crippen molar-refractivity contribution in [3.05, 3.63) is 0 Å². The van der Waals surface area contributed by atoms with Crippen LogP contribution in [0.2, 0.25) is 0 Å². The van der Waals surface area contributed by atoms with Crippen molar-refractivity contribution in [2.45, 2.75) is 27.7 Å². The molecule has 0 aromatic heterocycles. The van der Waals surface area contributed by atoms with E-state index < -0.39 is 11.9 Å². The third-order valence-electron chi connectivity index (χ3n) is 2.00. The van der Waals surface area contributed by atoms with Crippen molar-refractivity contribution in [1.82, 2.24) is 0 Å². The molecule has 0 N–H and O–H groups in total. The Morgan fingerprint density at radius 2 is 1.73 bits per heavy atom. The van der Waals surface area contributed by atoms with Crippen LogP contribution in [-0.2, 0) is 19.1 Å². The van der Waals surface area contributed by atoms with Crippen molar-refractivity contribution in [1.29, 1.82) is 0 Å². The van der Waals surface area contributed by atoms with Gasteiger partial charge in [0, 0.05) is 6.61 Å². The topological polar surface area (TPSA) is 52.6 Å². The number of ketones is 1. The Morgan fingerprint density at radius 1 is 1.13 bits per heavy atom. The van der Waals surface area contributed by atoms with E-state index in [1.807, 2.05) is 20.8 Å². The van der Waals surface area contributed by atoms with Crippen molar-refractivity contribution in [2.24, 2.45) is 11.8 Å². The highest BCUT2D eigenvalue weighted by Gasteiger charge is 2.30. The average molecular weight is 216 g/mol. The number of hydrogen-bond donors (Lipinski definition) is 0. The van der Waals surface area contributed by atoms with Gasteiger partial charge in [-0.1, -0.05) is 13.8 Å². The molecule has 0 saturated carbocycles. The lowest BCUT2D eigenvalue weighted by Crippen LogP contribution is -2.33. The van der Waals surface area contributed by atoms with Gasteiger partial charge in [-0.05, 0) is 19.8 Å². The van der Waals surface area contributed by atoms with Gasteiger partial charge >= 0.3 is 5.97 Å². The fourth-order valence-corrected chi connectivity index (χ4v) is 1.30. The molecule has 4 nitrogen and oxygen atoms in total. The van der Waals surface area contributed by atoms with E-state index in [0.717, 1.165) is 0 Å². The number of esters is 1. The van der Waals surface area contributed by atoms with E-state index in [1.54, 1.807) is 6.92 Å². The second kappa shape index (κ2) is 7.40. The van der Waals surface area contributed by atoms with Gasteiger partial charge in [-0.15, -0.1) is 0 Å². The Balaban J connectivity index is 4.37. The van der Waals surface area contributed by atoms with E-state index in [9.17, 15) is 9.59 Å². The smallest absolute Gasteiger partial charge is 0.316 e.